The van der Waals surface area contributed by atoms with Gasteiger partial charge in [0.2, 0.25) is 5.91 Å². The molecule has 5 heteroatoms. The second-order valence-electron chi connectivity index (χ2n) is 5.37. The molecule has 1 amide bonds. The van der Waals surface area contributed by atoms with Crippen LogP contribution in [-0.4, -0.2) is 28.0 Å². The summed E-state index contributed by atoms with van der Waals surface area (Å²) in [5, 5.41) is 11.8. The van der Waals surface area contributed by atoms with Crippen molar-refractivity contribution in [2.75, 3.05) is 0 Å². The third-order valence-corrected chi connectivity index (χ3v) is 3.77. The first-order valence-electron chi connectivity index (χ1n) is 7.06. The molecular weight excluding hydrogens is 256 g/mol. The highest BCUT2D eigenvalue weighted by atomic mass is 16.4. The van der Waals surface area contributed by atoms with Crippen LogP contribution in [0.5, 0.6) is 0 Å². The lowest BCUT2D eigenvalue weighted by molar-refractivity contribution is -0.141. The zero-order valence-corrected chi connectivity index (χ0v) is 11.4. The minimum absolute atomic E-state index is 0.154. The summed E-state index contributed by atoms with van der Waals surface area (Å²) < 4.78 is 0. The first kappa shape index (κ1) is 14.5. The molecule has 0 saturated heterocycles. The average molecular weight is 276 g/mol. The summed E-state index contributed by atoms with van der Waals surface area (Å²) in [5.74, 6) is -0.731. The molecule has 0 spiro atoms. The Kier molecular flexibility index (Phi) is 5.09. The van der Waals surface area contributed by atoms with Crippen molar-refractivity contribution in [2.45, 2.75) is 44.6 Å². The number of rotatable bonds is 6. The smallest absolute Gasteiger partial charge is 0.326 e. The molecule has 20 heavy (non-hydrogen) atoms. The normalized spacial score (nSPS) is 16.8. The summed E-state index contributed by atoms with van der Waals surface area (Å²) in [5.41, 5.74) is 0.855. The minimum Gasteiger partial charge on any atom is -0.480 e. The van der Waals surface area contributed by atoms with Crippen LogP contribution < -0.4 is 5.32 Å². The van der Waals surface area contributed by atoms with E-state index < -0.39 is 12.0 Å². The molecule has 5 nitrogen and oxygen atoms in total. The Morgan fingerprint density at radius 1 is 1.30 bits per heavy atom. The third kappa shape index (κ3) is 4.33. The topological polar surface area (TPSA) is 79.3 Å². The standard InChI is InChI=1S/C15H20N2O3/c18-14(10-11-3-1-2-4-11)17-13(15(19)20)9-12-5-7-16-8-6-12/h5-8,11,13H,1-4,9-10H2,(H,17,18)(H,19,20). The molecule has 1 aliphatic carbocycles. The Morgan fingerprint density at radius 3 is 2.55 bits per heavy atom. The van der Waals surface area contributed by atoms with Gasteiger partial charge < -0.3 is 10.4 Å². The maximum atomic E-state index is 11.9. The van der Waals surface area contributed by atoms with Crippen molar-refractivity contribution in [3.8, 4) is 0 Å². The number of carbonyl (C=O) groups excluding carboxylic acids is 1. The van der Waals surface area contributed by atoms with Crippen molar-refractivity contribution in [2.24, 2.45) is 5.92 Å². The van der Waals surface area contributed by atoms with Crippen LogP contribution in [-0.2, 0) is 16.0 Å². The van der Waals surface area contributed by atoms with Crippen molar-refractivity contribution in [3.63, 3.8) is 0 Å². The maximum absolute atomic E-state index is 11.9. The Morgan fingerprint density at radius 2 is 1.95 bits per heavy atom. The Balaban J connectivity index is 1.88. The van der Waals surface area contributed by atoms with Crippen molar-refractivity contribution < 1.29 is 14.7 Å². The molecule has 1 atom stereocenters. The Hall–Kier alpha value is -1.91. The molecule has 1 aliphatic rings. The first-order chi connectivity index (χ1) is 9.65. The van der Waals surface area contributed by atoms with Gasteiger partial charge in [-0.25, -0.2) is 4.79 Å². The van der Waals surface area contributed by atoms with E-state index in [1.807, 2.05) is 0 Å². The van der Waals surface area contributed by atoms with Gasteiger partial charge in [0.1, 0.15) is 6.04 Å². The number of amides is 1. The van der Waals surface area contributed by atoms with E-state index in [1.54, 1.807) is 24.5 Å². The predicted octanol–water partition coefficient (Wildman–Crippen LogP) is 1.77. The number of carboxylic acids is 1. The molecule has 1 aromatic rings. The van der Waals surface area contributed by atoms with Crippen LogP contribution in [0.1, 0.15) is 37.7 Å². The SMILES string of the molecule is O=C(CC1CCCC1)NC(Cc1ccncc1)C(=O)O. The highest BCUT2D eigenvalue weighted by Crippen LogP contribution is 2.27. The van der Waals surface area contributed by atoms with Gasteiger partial charge in [0, 0.05) is 25.2 Å². The highest BCUT2D eigenvalue weighted by Gasteiger charge is 2.23. The first-order valence-corrected chi connectivity index (χ1v) is 7.06. The summed E-state index contributed by atoms with van der Waals surface area (Å²) in [6, 6.07) is 2.66. The third-order valence-electron chi connectivity index (χ3n) is 3.77. The molecule has 1 heterocycles. The van der Waals surface area contributed by atoms with Crippen LogP contribution in [0.3, 0.4) is 0 Å². The van der Waals surface area contributed by atoms with Gasteiger partial charge in [-0.15, -0.1) is 0 Å². The van der Waals surface area contributed by atoms with Gasteiger partial charge >= 0.3 is 5.97 Å². The molecule has 108 valence electrons. The van der Waals surface area contributed by atoms with E-state index >= 15 is 0 Å². The van der Waals surface area contributed by atoms with E-state index in [1.165, 1.54) is 12.8 Å². The van der Waals surface area contributed by atoms with Gasteiger partial charge in [-0.05, 0) is 36.5 Å². The summed E-state index contributed by atoms with van der Waals surface area (Å²) >= 11 is 0. The Bertz CT molecular complexity index is 455. The molecule has 0 aromatic carbocycles. The average Bonchev–Trinajstić information content (AvgIpc) is 2.92. The van der Waals surface area contributed by atoms with Crippen molar-refractivity contribution in [1.29, 1.82) is 0 Å². The Labute approximate surface area is 118 Å². The number of nitrogens with one attached hydrogen (secondary N) is 1. The number of carboxylic acid groups (broad SMARTS) is 1. The lowest BCUT2D eigenvalue weighted by atomic mass is 10.0. The van der Waals surface area contributed by atoms with Crippen molar-refractivity contribution in [1.82, 2.24) is 10.3 Å². The van der Waals surface area contributed by atoms with E-state index in [4.69, 9.17) is 0 Å². The molecule has 1 fully saturated rings. The molecule has 1 aromatic heterocycles. The van der Waals surface area contributed by atoms with E-state index in [2.05, 4.69) is 10.3 Å². The van der Waals surface area contributed by atoms with Gasteiger partial charge in [-0.3, -0.25) is 9.78 Å². The number of hydrogen-bond acceptors (Lipinski definition) is 3. The van der Waals surface area contributed by atoms with Crippen LogP contribution in [0.25, 0.3) is 0 Å². The lowest BCUT2D eigenvalue weighted by Crippen LogP contribution is -2.42. The van der Waals surface area contributed by atoms with E-state index in [9.17, 15) is 14.7 Å². The molecule has 0 radical (unpaired) electrons. The van der Waals surface area contributed by atoms with E-state index in [0.717, 1.165) is 18.4 Å². The van der Waals surface area contributed by atoms with E-state index in [0.29, 0.717) is 12.3 Å². The molecule has 2 N–H and O–H groups in total. The summed E-state index contributed by atoms with van der Waals surface area (Å²) in [6.07, 6.45) is 8.48. The molecule has 1 unspecified atom stereocenters. The molecule has 2 rings (SSSR count). The predicted molar refractivity (Wildman–Crippen MR) is 74.1 cm³/mol. The zero-order valence-electron chi connectivity index (χ0n) is 11.4. The van der Waals surface area contributed by atoms with Gasteiger partial charge in [-0.2, -0.15) is 0 Å². The van der Waals surface area contributed by atoms with Gasteiger partial charge in [0.25, 0.3) is 0 Å². The molecule has 0 bridgehead atoms. The van der Waals surface area contributed by atoms with Gasteiger partial charge in [-0.1, -0.05) is 12.8 Å². The van der Waals surface area contributed by atoms with Crippen molar-refractivity contribution in [3.05, 3.63) is 30.1 Å². The number of pyridine rings is 1. The largest absolute Gasteiger partial charge is 0.480 e. The molecular formula is C15H20N2O3. The maximum Gasteiger partial charge on any atom is 0.326 e. The monoisotopic (exact) mass is 276 g/mol. The summed E-state index contributed by atoms with van der Waals surface area (Å²) in [4.78, 5) is 27.1. The van der Waals surface area contributed by atoms with Crippen LogP contribution in [0, 0.1) is 5.92 Å². The zero-order chi connectivity index (χ0) is 14.4. The number of hydrogen-bond donors (Lipinski definition) is 2. The van der Waals surface area contributed by atoms with Crippen LogP contribution in [0.4, 0.5) is 0 Å². The van der Waals surface area contributed by atoms with Crippen LogP contribution in [0.2, 0.25) is 0 Å². The second-order valence-corrected chi connectivity index (χ2v) is 5.37. The number of aliphatic carboxylic acids is 1. The number of carbonyl (C=O) groups is 2. The molecule has 1 saturated carbocycles. The fourth-order valence-electron chi connectivity index (χ4n) is 2.68. The van der Waals surface area contributed by atoms with Crippen LogP contribution in [0.15, 0.2) is 24.5 Å². The highest BCUT2D eigenvalue weighted by molar-refractivity contribution is 5.83. The summed E-state index contributed by atoms with van der Waals surface area (Å²) in [7, 11) is 0. The number of aromatic nitrogens is 1. The van der Waals surface area contributed by atoms with Crippen LogP contribution >= 0.6 is 0 Å². The van der Waals surface area contributed by atoms with Gasteiger partial charge in [0.15, 0.2) is 0 Å². The fourth-order valence-corrected chi connectivity index (χ4v) is 2.68. The molecule has 0 aliphatic heterocycles. The number of nitrogens with zero attached hydrogens (tertiary/aromatic N) is 1. The minimum atomic E-state index is -0.999. The van der Waals surface area contributed by atoms with E-state index in [-0.39, 0.29) is 12.3 Å². The summed E-state index contributed by atoms with van der Waals surface area (Å²) in [6.45, 7) is 0. The van der Waals surface area contributed by atoms with Crippen molar-refractivity contribution >= 4 is 11.9 Å². The fraction of sp³-hybridized carbons (Fsp3) is 0.533. The quantitative estimate of drug-likeness (QED) is 0.830. The van der Waals surface area contributed by atoms with Gasteiger partial charge in [0.05, 0.1) is 0 Å². The lowest BCUT2D eigenvalue weighted by Gasteiger charge is -2.16. The second kappa shape index (κ2) is 7.03.